The molecule has 3 N–H and O–H groups in total. The summed E-state index contributed by atoms with van der Waals surface area (Å²) >= 11 is 0. The number of pyridine rings is 3. The van der Waals surface area contributed by atoms with Crippen LogP contribution in [0.25, 0.3) is 16.7 Å². The van der Waals surface area contributed by atoms with Crippen molar-refractivity contribution in [1.82, 2.24) is 24.7 Å². The molecule has 0 radical (unpaired) electrons. The summed E-state index contributed by atoms with van der Waals surface area (Å²) in [6.45, 7) is 5.46. The van der Waals surface area contributed by atoms with Crippen LogP contribution in [0.3, 0.4) is 0 Å². The first-order chi connectivity index (χ1) is 17.5. The standard InChI is InChI=1S/C21H20FN7O.C2HF3O2/c1-13-11-29-12-14(10-15(22)20(29)24-13)25-21(30)18-3-2-17-16(26-18)4-5-19(27-17)28-8-6-23-7-9-28;3-2(4,5)1(6)7/h2-5,10-12,23H,6-9H2,1H3,(H,25,30);(H,6,7). The Labute approximate surface area is 207 Å². The molecule has 1 aliphatic rings. The molecular formula is C23H21F4N7O3. The minimum Gasteiger partial charge on any atom is -0.475 e. The SMILES string of the molecule is Cc1cn2cc(NC(=O)c3ccc4nc(N5CCNCC5)ccc4n3)cc(F)c2n1.O=C(O)C(F)(F)F. The lowest BCUT2D eigenvalue weighted by atomic mass is 10.2. The lowest BCUT2D eigenvalue weighted by Crippen LogP contribution is -2.43. The smallest absolute Gasteiger partial charge is 0.475 e. The minimum atomic E-state index is -5.08. The number of halogens is 4. The minimum absolute atomic E-state index is 0.223. The first-order valence-electron chi connectivity index (χ1n) is 11.0. The van der Waals surface area contributed by atoms with Crippen LogP contribution in [0.15, 0.2) is 42.7 Å². The summed E-state index contributed by atoms with van der Waals surface area (Å²) in [6, 6.07) is 8.46. The van der Waals surface area contributed by atoms with Gasteiger partial charge in [-0.15, -0.1) is 0 Å². The molecule has 0 aliphatic carbocycles. The van der Waals surface area contributed by atoms with Gasteiger partial charge in [-0.05, 0) is 31.2 Å². The Hall–Kier alpha value is -4.33. The fourth-order valence-corrected chi connectivity index (χ4v) is 3.64. The number of carbonyl (C=O) groups excluding carboxylic acids is 1. The fourth-order valence-electron chi connectivity index (χ4n) is 3.64. The third kappa shape index (κ3) is 6.09. The number of imidazole rings is 1. The number of aryl methyl sites for hydroxylation is 1. The van der Waals surface area contributed by atoms with Gasteiger partial charge in [0.1, 0.15) is 11.5 Å². The molecule has 194 valence electrons. The third-order valence-corrected chi connectivity index (χ3v) is 5.33. The van der Waals surface area contributed by atoms with Crippen LogP contribution in [-0.2, 0) is 4.79 Å². The molecule has 5 rings (SSSR count). The number of hydrogen-bond acceptors (Lipinski definition) is 7. The van der Waals surface area contributed by atoms with Crippen LogP contribution < -0.4 is 15.5 Å². The van der Waals surface area contributed by atoms with Gasteiger partial charge >= 0.3 is 12.1 Å². The zero-order valence-electron chi connectivity index (χ0n) is 19.4. The summed E-state index contributed by atoms with van der Waals surface area (Å²) in [5.74, 6) is -2.77. The molecule has 0 aromatic carbocycles. The fraction of sp³-hybridized carbons (Fsp3) is 0.261. The van der Waals surface area contributed by atoms with E-state index in [0.29, 0.717) is 16.9 Å². The average Bonchev–Trinajstić information content (AvgIpc) is 3.24. The molecule has 14 heteroatoms. The molecule has 0 bridgehead atoms. The second kappa shape index (κ2) is 10.3. The molecular weight excluding hydrogens is 498 g/mol. The quantitative estimate of drug-likeness (QED) is 0.353. The number of amides is 1. The third-order valence-electron chi connectivity index (χ3n) is 5.33. The molecule has 1 fully saturated rings. The van der Waals surface area contributed by atoms with E-state index in [1.54, 1.807) is 35.9 Å². The molecule has 0 unspecified atom stereocenters. The second-order valence-electron chi connectivity index (χ2n) is 8.09. The van der Waals surface area contributed by atoms with Crippen LogP contribution in [0.2, 0.25) is 0 Å². The molecule has 0 atom stereocenters. The first-order valence-corrected chi connectivity index (χ1v) is 11.0. The van der Waals surface area contributed by atoms with Crippen LogP contribution >= 0.6 is 0 Å². The molecule has 4 aromatic heterocycles. The number of rotatable bonds is 3. The number of aliphatic carboxylic acids is 1. The Balaban J connectivity index is 0.000000405. The number of aromatic nitrogens is 4. The monoisotopic (exact) mass is 519 g/mol. The van der Waals surface area contributed by atoms with E-state index in [-0.39, 0.29) is 11.3 Å². The maximum atomic E-state index is 14.2. The molecule has 10 nitrogen and oxygen atoms in total. The zero-order chi connectivity index (χ0) is 26.7. The molecule has 1 saturated heterocycles. The highest BCUT2D eigenvalue weighted by Gasteiger charge is 2.38. The first kappa shape index (κ1) is 25.8. The van der Waals surface area contributed by atoms with Gasteiger partial charge in [-0.25, -0.2) is 24.1 Å². The van der Waals surface area contributed by atoms with Crippen molar-refractivity contribution in [3.63, 3.8) is 0 Å². The van der Waals surface area contributed by atoms with Crippen LogP contribution in [0, 0.1) is 12.7 Å². The number of alkyl halides is 3. The van der Waals surface area contributed by atoms with E-state index in [1.165, 1.54) is 6.07 Å². The molecule has 1 aliphatic heterocycles. The number of fused-ring (bicyclic) bond motifs is 2. The summed E-state index contributed by atoms with van der Waals surface area (Å²) in [7, 11) is 0. The predicted octanol–water partition coefficient (Wildman–Crippen LogP) is 3.02. The predicted molar refractivity (Wildman–Crippen MR) is 126 cm³/mol. The molecule has 0 saturated carbocycles. The van der Waals surface area contributed by atoms with Gasteiger partial charge in [0.15, 0.2) is 11.5 Å². The number of nitrogens with one attached hydrogen (secondary N) is 2. The Kier molecular flexibility index (Phi) is 7.20. The Morgan fingerprint density at radius 2 is 1.68 bits per heavy atom. The largest absolute Gasteiger partial charge is 0.490 e. The number of hydrogen-bond donors (Lipinski definition) is 3. The lowest BCUT2D eigenvalue weighted by molar-refractivity contribution is -0.192. The molecule has 5 heterocycles. The highest BCUT2D eigenvalue weighted by Crippen LogP contribution is 2.20. The van der Waals surface area contributed by atoms with Crippen molar-refractivity contribution in [3.8, 4) is 0 Å². The van der Waals surface area contributed by atoms with Gasteiger partial charge < -0.3 is 25.0 Å². The lowest BCUT2D eigenvalue weighted by Gasteiger charge is -2.28. The molecule has 4 aromatic rings. The number of piperazine rings is 1. The Morgan fingerprint density at radius 1 is 1.03 bits per heavy atom. The van der Waals surface area contributed by atoms with Gasteiger partial charge in [0.2, 0.25) is 0 Å². The average molecular weight is 519 g/mol. The van der Waals surface area contributed by atoms with E-state index in [4.69, 9.17) is 9.90 Å². The van der Waals surface area contributed by atoms with Crippen molar-refractivity contribution in [2.75, 3.05) is 36.4 Å². The van der Waals surface area contributed by atoms with E-state index in [9.17, 15) is 22.4 Å². The highest BCUT2D eigenvalue weighted by atomic mass is 19.4. The summed E-state index contributed by atoms with van der Waals surface area (Å²) in [5, 5.41) is 13.1. The van der Waals surface area contributed by atoms with E-state index in [1.807, 2.05) is 12.1 Å². The van der Waals surface area contributed by atoms with Gasteiger partial charge in [0.25, 0.3) is 5.91 Å². The van der Waals surface area contributed by atoms with Gasteiger partial charge in [-0.2, -0.15) is 13.2 Å². The van der Waals surface area contributed by atoms with Gasteiger partial charge in [0, 0.05) is 44.6 Å². The second-order valence-corrected chi connectivity index (χ2v) is 8.09. The number of nitrogens with zero attached hydrogens (tertiary/aromatic N) is 5. The number of carboxylic acid groups (broad SMARTS) is 1. The van der Waals surface area contributed by atoms with Crippen molar-refractivity contribution in [3.05, 3.63) is 59.9 Å². The zero-order valence-corrected chi connectivity index (χ0v) is 19.4. The van der Waals surface area contributed by atoms with Crippen LogP contribution in [0.1, 0.15) is 16.2 Å². The van der Waals surface area contributed by atoms with Crippen molar-refractivity contribution in [2.45, 2.75) is 13.1 Å². The van der Waals surface area contributed by atoms with E-state index in [0.717, 1.165) is 37.5 Å². The maximum absolute atomic E-state index is 14.2. The van der Waals surface area contributed by atoms with Crippen molar-refractivity contribution >= 4 is 40.1 Å². The summed E-state index contributed by atoms with van der Waals surface area (Å²) in [4.78, 5) is 37.0. The van der Waals surface area contributed by atoms with Crippen molar-refractivity contribution in [1.29, 1.82) is 0 Å². The molecule has 0 spiro atoms. The van der Waals surface area contributed by atoms with Gasteiger partial charge in [-0.3, -0.25) is 4.79 Å². The number of carboxylic acids is 1. The van der Waals surface area contributed by atoms with Crippen LogP contribution in [0.4, 0.5) is 29.1 Å². The van der Waals surface area contributed by atoms with E-state index >= 15 is 0 Å². The summed E-state index contributed by atoms with van der Waals surface area (Å²) < 4.78 is 47.5. The van der Waals surface area contributed by atoms with Gasteiger partial charge in [-0.1, -0.05) is 0 Å². The molecule has 1 amide bonds. The summed E-state index contributed by atoms with van der Waals surface area (Å²) in [5.41, 5.74) is 2.84. The number of carbonyl (C=O) groups is 2. The normalized spacial score (nSPS) is 13.8. The maximum Gasteiger partial charge on any atom is 0.490 e. The van der Waals surface area contributed by atoms with Gasteiger partial charge in [0.05, 0.1) is 22.4 Å². The van der Waals surface area contributed by atoms with E-state index in [2.05, 4.69) is 30.5 Å². The Bertz CT molecular complexity index is 1470. The number of anilines is 2. The van der Waals surface area contributed by atoms with E-state index < -0.39 is 23.9 Å². The van der Waals surface area contributed by atoms with Crippen LogP contribution in [0.5, 0.6) is 0 Å². The Morgan fingerprint density at radius 3 is 2.35 bits per heavy atom. The highest BCUT2D eigenvalue weighted by molar-refractivity contribution is 6.03. The van der Waals surface area contributed by atoms with Crippen LogP contribution in [-0.4, -0.2) is 68.7 Å². The summed E-state index contributed by atoms with van der Waals surface area (Å²) in [6.07, 6.45) is -1.76. The van der Waals surface area contributed by atoms with Crippen molar-refractivity contribution < 1.29 is 32.3 Å². The topological polar surface area (TPSA) is 125 Å². The molecule has 37 heavy (non-hydrogen) atoms. The van der Waals surface area contributed by atoms with Crippen molar-refractivity contribution in [2.24, 2.45) is 0 Å².